The van der Waals surface area contributed by atoms with Gasteiger partial charge in [-0.3, -0.25) is 0 Å². The molecule has 0 N–H and O–H groups in total. The van der Waals surface area contributed by atoms with Crippen LogP contribution in [0.25, 0.3) is 38.8 Å². The van der Waals surface area contributed by atoms with Gasteiger partial charge in [-0.15, -0.1) is 53.6 Å². The minimum absolute atomic E-state index is 0. The summed E-state index contributed by atoms with van der Waals surface area (Å²) in [6, 6.07) is 48.3. The van der Waals surface area contributed by atoms with Gasteiger partial charge >= 0.3 is 0 Å². The van der Waals surface area contributed by atoms with Crippen molar-refractivity contribution in [3.05, 3.63) is 163 Å². The smallest absolute Gasteiger partial charge is 0.135 e. The van der Waals surface area contributed by atoms with E-state index in [-0.39, 0.29) is 42.7 Å². The zero-order chi connectivity index (χ0) is 42.1. The minimum atomic E-state index is -0.206. The summed E-state index contributed by atoms with van der Waals surface area (Å²) in [5.41, 5.74) is 10.7. The van der Waals surface area contributed by atoms with E-state index in [1.807, 2.05) is 12.3 Å². The maximum Gasteiger partial charge on any atom is 0.135 e. The van der Waals surface area contributed by atoms with Crippen molar-refractivity contribution in [3.8, 4) is 28.4 Å². The van der Waals surface area contributed by atoms with Gasteiger partial charge in [0.05, 0.1) is 0 Å². The molecule has 7 aromatic rings. The first-order valence-electron chi connectivity index (χ1n) is 20.8. The van der Waals surface area contributed by atoms with E-state index >= 15 is 0 Å². The third-order valence-corrected chi connectivity index (χ3v) is 11.2. The summed E-state index contributed by atoms with van der Waals surface area (Å²) in [6.45, 7) is 29.5. The SMILES string of the molecule is CC(C)(C)C1=C(C(C)(C)C)N(c2cccc(-c3ccccc3)c2)[CH-]N1c1[c-]c(Oc2[c-]c3c(cc2)c2ccccc2n3-c2cc(C(C)(C)C)ccn2)cc(C(C)(C)C)c1.[Pt]. The van der Waals surface area contributed by atoms with Crippen LogP contribution in [0.1, 0.15) is 94.2 Å². The summed E-state index contributed by atoms with van der Waals surface area (Å²) in [5.74, 6) is 2.12. The first kappa shape index (κ1) is 43.0. The molecule has 8 rings (SSSR count). The summed E-state index contributed by atoms with van der Waals surface area (Å²) in [6.07, 6.45) is 1.91. The molecule has 0 unspecified atom stereocenters. The van der Waals surface area contributed by atoms with Crippen molar-refractivity contribution in [1.29, 1.82) is 0 Å². The van der Waals surface area contributed by atoms with E-state index < -0.39 is 0 Å². The van der Waals surface area contributed by atoms with Gasteiger partial charge in [0.25, 0.3) is 0 Å². The number of allylic oxidation sites excluding steroid dienone is 2. The predicted octanol–water partition coefficient (Wildman–Crippen LogP) is 14.6. The molecular formula is C54H57N4OPt-3. The first-order valence-corrected chi connectivity index (χ1v) is 20.8. The van der Waals surface area contributed by atoms with Gasteiger partial charge in [-0.2, -0.15) is 6.07 Å². The Morgan fingerprint density at radius 1 is 0.533 bits per heavy atom. The topological polar surface area (TPSA) is 33.5 Å². The molecule has 6 heteroatoms. The molecule has 0 atom stereocenters. The molecule has 0 spiro atoms. The summed E-state index contributed by atoms with van der Waals surface area (Å²) in [5, 5.41) is 2.25. The molecule has 60 heavy (non-hydrogen) atoms. The molecule has 1 aliphatic rings. The standard InChI is InChI=1S/C54H57N4O.Pt/c1-51(2,3)38-27-28-55-48(32-38)58-46-24-17-16-23-44(46)45-26-25-42(34-47(45)58)59-43-31-39(52(4,5)6)30-41(33-43)57-35-56(49(53(7,8)9)50(57)54(10,11)12)40-22-18-21-37(29-40)36-19-14-13-15-20-36;/h13-32,35H,1-12H3;/q-3;. The van der Waals surface area contributed by atoms with E-state index in [0.29, 0.717) is 11.5 Å². The largest absolute Gasteiger partial charge is 0.509 e. The normalized spacial score (nSPS) is 14.0. The monoisotopic (exact) mass is 972 g/mol. The molecule has 0 bridgehead atoms. The first-order chi connectivity index (χ1) is 27.8. The third kappa shape index (κ3) is 8.31. The van der Waals surface area contributed by atoms with Crippen LogP contribution < -0.4 is 14.5 Å². The second-order valence-electron chi connectivity index (χ2n) is 20.0. The Morgan fingerprint density at radius 2 is 1.18 bits per heavy atom. The average molecular weight is 973 g/mol. The fourth-order valence-corrected chi connectivity index (χ4v) is 8.18. The van der Waals surface area contributed by atoms with E-state index in [2.05, 4.69) is 225 Å². The maximum atomic E-state index is 6.86. The van der Waals surface area contributed by atoms with Crippen LogP contribution in [0.4, 0.5) is 11.4 Å². The number of para-hydroxylation sites is 1. The van der Waals surface area contributed by atoms with E-state index in [9.17, 15) is 0 Å². The number of fused-ring (bicyclic) bond motifs is 3. The average Bonchev–Trinajstić information content (AvgIpc) is 3.76. The number of rotatable bonds is 6. The fraction of sp³-hybridized carbons (Fsp3) is 0.296. The van der Waals surface area contributed by atoms with Gasteiger partial charge in [-0.05, 0) is 63.2 Å². The van der Waals surface area contributed by atoms with E-state index in [1.54, 1.807) is 0 Å². The van der Waals surface area contributed by atoms with Gasteiger partial charge in [0.2, 0.25) is 0 Å². The van der Waals surface area contributed by atoms with Crippen LogP contribution in [0.5, 0.6) is 11.5 Å². The zero-order valence-corrected chi connectivity index (χ0v) is 39.4. The van der Waals surface area contributed by atoms with Crippen LogP contribution in [-0.4, -0.2) is 9.55 Å². The summed E-state index contributed by atoms with van der Waals surface area (Å²) in [4.78, 5) is 9.61. The summed E-state index contributed by atoms with van der Waals surface area (Å²) < 4.78 is 9.07. The Kier molecular flexibility index (Phi) is 11.3. The molecule has 0 fully saturated rings. The number of anilines is 2. The van der Waals surface area contributed by atoms with Gasteiger partial charge in [-0.1, -0.05) is 149 Å². The molecule has 2 aromatic heterocycles. The Hall–Kier alpha value is -5.12. The van der Waals surface area contributed by atoms with Crippen LogP contribution in [-0.2, 0) is 31.9 Å². The molecule has 0 aliphatic carbocycles. The Balaban J connectivity index is 0.00000544. The second kappa shape index (κ2) is 15.7. The van der Waals surface area contributed by atoms with Crippen molar-refractivity contribution in [3.63, 3.8) is 0 Å². The van der Waals surface area contributed by atoms with Crippen molar-refractivity contribution < 1.29 is 25.8 Å². The minimum Gasteiger partial charge on any atom is -0.509 e. The Labute approximate surface area is 372 Å². The number of ether oxygens (including phenoxy) is 1. The summed E-state index contributed by atoms with van der Waals surface area (Å²) in [7, 11) is 0. The van der Waals surface area contributed by atoms with Crippen LogP contribution in [0.2, 0.25) is 0 Å². The van der Waals surface area contributed by atoms with E-state index in [0.717, 1.165) is 44.6 Å². The van der Waals surface area contributed by atoms with Crippen molar-refractivity contribution in [2.24, 2.45) is 10.8 Å². The summed E-state index contributed by atoms with van der Waals surface area (Å²) >= 11 is 0. The number of aromatic nitrogens is 2. The van der Waals surface area contributed by atoms with Gasteiger partial charge in [-0.25, -0.2) is 4.98 Å². The molecule has 0 radical (unpaired) electrons. The number of benzene rings is 5. The van der Waals surface area contributed by atoms with Crippen molar-refractivity contribution in [2.45, 2.75) is 93.9 Å². The number of hydrogen-bond acceptors (Lipinski definition) is 4. The molecule has 0 amide bonds. The van der Waals surface area contributed by atoms with Crippen LogP contribution in [0.3, 0.4) is 0 Å². The molecular weight excluding hydrogens is 916 g/mol. The van der Waals surface area contributed by atoms with Crippen molar-refractivity contribution in [1.82, 2.24) is 9.55 Å². The van der Waals surface area contributed by atoms with Crippen LogP contribution >= 0.6 is 0 Å². The second-order valence-corrected chi connectivity index (χ2v) is 20.0. The zero-order valence-electron chi connectivity index (χ0n) is 37.1. The van der Waals surface area contributed by atoms with Crippen molar-refractivity contribution >= 4 is 33.2 Å². The molecule has 5 aromatic carbocycles. The van der Waals surface area contributed by atoms with Crippen molar-refractivity contribution in [2.75, 3.05) is 9.80 Å². The van der Waals surface area contributed by atoms with Gasteiger partial charge in [0, 0.05) is 72.2 Å². The van der Waals surface area contributed by atoms with Crippen LogP contribution in [0, 0.1) is 29.6 Å². The van der Waals surface area contributed by atoms with Crippen LogP contribution in [0.15, 0.2) is 133 Å². The van der Waals surface area contributed by atoms with Gasteiger partial charge in [0.15, 0.2) is 0 Å². The molecule has 3 heterocycles. The molecule has 1 aliphatic heterocycles. The van der Waals surface area contributed by atoms with E-state index in [1.165, 1.54) is 28.1 Å². The molecule has 5 nitrogen and oxygen atoms in total. The third-order valence-electron chi connectivity index (χ3n) is 11.2. The number of nitrogens with zero attached hydrogens (tertiary/aromatic N) is 4. The fourth-order valence-electron chi connectivity index (χ4n) is 8.18. The molecule has 0 saturated heterocycles. The Morgan fingerprint density at radius 3 is 1.87 bits per heavy atom. The Bertz CT molecular complexity index is 2720. The van der Waals surface area contributed by atoms with Gasteiger partial charge in [0.1, 0.15) is 5.82 Å². The van der Waals surface area contributed by atoms with Gasteiger partial charge < -0.3 is 19.1 Å². The maximum absolute atomic E-state index is 6.86. The molecule has 0 saturated carbocycles. The van der Waals surface area contributed by atoms with E-state index in [4.69, 9.17) is 9.72 Å². The number of pyridine rings is 1. The predicted molar refractivity (Wildman–Crippen MR) is 247 cm³/mol. The molecule has 312 valence electrons. The quantitative estimate of drug-likeness (QED) is 0.156. The number of hydrogen-bond donors (Lipinski definition) is 0.